The maximum absolute atomic E-state index is 14.3. The van der Waals surface area contributed by atoms with E-state index in [0.717, 1.165) is 26.2 Å². The number of amides is 2. The summed E-state index contributed by atoms with van der Waals surface area (Å²) in [5.74, 6) is -2.26. The Kier molecular flexibility index (Phi) is 8.18. The molecule has 0 fully saturated rings. The van der Waals surface area contributed by atoms with Crippen LogP contribution in [0, 0.1) is 12.8 Å². The van der Waals surface area contributed by atoms with E-state index in [-0.39, 0.29) is 25.5 Å². The summed E-state index contributed by atoms with van der Waals surface area (Å²) in [4.78, 5) is 28.4. The van der Waals surface area contributed by atoms with Gasteiger partial charge in [-0.2, -0.15) is 8.42 Å². The summed E-state index contributed by atoms with van der Waals surface area (Å²) in [6.07, 6.45) is 0. The van der Waals surface area contributed by atoms with Gasteiger partial charge in [-0.1, -0.05) is 48.5 Å². The molecule has 0 saturated carbocycles. The zero-order valence-corrected chi connectivity index (χ0v) is 22.8. The number of carbonyl (C=O) groups excluding carboxylic acids is 2. The number of nitrogens with one attached hydrogen (secondary N) is 2. The smallest absolute Gasteiger partial charge is 0.301 e. The van der Waals surface area contributed by atoms with Crippen LogP contribution in [0.3, 0.4) is 0 Å². The van der Waals surface area contributed by atoms with Crippen LogP contribution in [0.15, 0.2) is 60.7 Å². The quantitative estimate of drug-likeness (QED) is 0.420. The average molecular weight is 546 g/mol. The lowest BCUT2D eigenvalue weighted by atomic mass is 9.83. The van der Waals surface area contributed by atoms with E-state index in [1.165, 1.54) is 21.0 Å². The topological polar surface area (TPSA) is 125 Å². The Labute approximate surface area is 223 Å². The molecule has 0 saturated heterocycles. The van der Waals surface area contributed by atoms with Gasteiger partial charge >= 0.3 is 10.2 Å². The molecule has 0 aliphatic carbocycles. The third-order valence-corrected chi connectivity index (χ3v) is 8.66. The number of rotatable bonds is 7. The Hall–Kier alpha value is -3.18. The Morgan fingerprint density at radius 1 is 1.05 bits per heavy atom. The lowest BCUT2D eigenvalue weighted by molar-refractivity contribution is -0.133. The fraction of sp³-hybridized carbons (Fsp3) is 0.308. The molecule has 3 aromatic rings. The van der Waals surface area contributed by atoms with Gasteiger partial charge in [-0.15, -0.1) is 12.4 Å². The molecule has 11 heteroatoms. The molecule has 2 atom stereocenters. The first-order valence-corrected chi connectivity index (χ1v) is 13.1. The molecule has 37 heavy (non-hydrogen) atoms. The van der Waals surface area contributed by atoms with Crippen molar-refractivity contribution in [3.63, 3.8) is 0 Å². The Balaban J connectivity index is 0.00000380. The van der Waals surface area contributed by atoms with Crippen molar-refractivity contribution in [1.29, 1.82) is 0 Å². The summed E-state index contributed by atoms with van der Waals surface area (Å²) >= 11 is 0. The second-order valence-corrected chi connectivity index (χ2v) is 10.9. The van der Waals surface area contributed by atoms with Crippen molar-refractivity contribution < 1.29 is 18.0 Å². The number of hydrogen-bond acceptors (Lipinski definition) is 5. The van der Waals surface area contributed by atoms with Crippen LogP contribution < -0.4 is 25.0 Å². The van der Waals surface area contributed by atoms with E-state index in [2.05, 4.69) is 10.0 Å². The van der Waals surface area contributed by atoms with Crippen LogP contribution in [0.2, 0.25) is 0 Å². The van der Waals surface area contributed by atoms with Gasteiger partial charge in [-0.25, -0.2) is 4.72 Å². The number of nitrogens with zero attached hydrogens (tertiary/aromatic N) is 2. The number of aryl methyl sites for hydroxylation is 1. The van der Waals surface area contributed by atoms with Gasteiger partial charge in [0, 0.05) is 13.6 Å². The molecule has 0 bridgehead atoms. The predicted molar refractivity (Wildman–Crippen MR) is 149 cm³/mol. The standard InChI is InChI=1S/C26H31N5O4S.ClH/c1-17-13-14-18-9-5-6-10-19(18)20(17)15-30-22-11-7-8-12-23(22)31(36(34,35)29-4)16-21(24(30)32)26(2,28-3)25(27)33;/h5-14,21,28-29H,15-16H2,1-4H3,(H2,27,33);1H/t21-,26?;/m1./s1. The Morgan fingerprint density at radius 2 is 1.68 bits per heavy atom. The van der Waals surface area contributed by atoms with E-state index >= 15 is 0 Å². The van der Waals surface area contributed by atoms with Crippen LogP contribution in [0.1, 0.15) is 18.1 Å². The number of fused-ring (bicyclic) bond motifs is 2. The summed E-state index contributed by atoms with van der Waals surface area (Å²) < 4.78 is 29.8. The Bertz CT molecular complexity index is 1450. The Morgan fingerprint density at radius 3 is 2.30 bits per heavy atom. The van der Waals surface area contributed by atoms with Crippen molar-refractivity contribution in [2.75, 3.05) is 29.8 Å². The highest BCUT2D eigenvalue weighted by molar-refractivity contribution is 7.90. The van der Waals surface area contributed by atoms with Crippen molar-refractivity contribution in [3.05, 3.63) is 71.8 Å². The molecule has 9 nitrogen and oxygen atoms in total. The van der Waals surface area contributed by atoms with Crippen LogP contribution in [0.25, 0.3) is 10.8 Å². The van der Waals surface area contributed by atoms with Gasteiger partial charge in [-0.05, 0) is 54.9 Å². The predicted octanol–water partition coefficient (Wildman–Crippen LogP) is 2.47. The number of hydrogen-bond donors (Lipinski definition) is 3. The highest BCUT2D eigenvalue weighted by atomic mass is 35.5. The lowest BCUT2D eigenvalue weighted by Gasteiger charge is -2.36. The molecule has 1 aliphatic rings. The molecule has 3 aromatic carbocycles. The van der Waals surface area contributed by atoms with E-state index in [1.807, 2.05) is 43.3 Å². The van der Waals surface area contributed by atoms with Crippen molar-refractivity contribution in [1.82, 2.24) is 10.0 Å². The SMILES string of the molecule is CNC(C)(C(N)=O)[C@@H]1CN(S(=O)(=O)NC)c2ccccc2N(Cc2c(C)ccc3ccccc23)C1=O.Cl. The first kappa shape index (κ1) is 28.4. The van der Waals surface area contributed by atoms with E-state index in [4.69, 9.17) is 5.73 Å². The average Bonchev–Trinajstić information content (AvgIpc) is 3.00. The van der Waals surface area contributed by atoms with Gasteiger partial charge < -0.3 is 16.0 Å². The summed E-state index contributed by atoms with van der Waals surface area (Å²) in [5.41, 5.74) is 6.94. The van der Waals surface area contributed by atoms with Crippen molar-refractivity contribution in [2.45, 2.75) is 25.9 Å². The number of para-hydroxylation sites is 2. The number of benzene rings is 3. The number of nitrogens with two attached hydrogens (primary N) is 1. The minimum absolute atomic E-state index is 0. The van der Waals surface area contributed by atoms with Crippen LogP contribution in [-0.2, 0) is 26.3 Å². The largest absolute Gasteiger partial charge is 0.368 e. The van der Waals surface area contributed by atoms with Gasteiger partial charge in [0.05, 0.1) is 23.8 Å². The van der Waals surface area contributed by atoms with E-state index in [1.54, 1.807) is 29.2 Å². The molecular formula is C26H32ClN5O4S. The molecule has 4 N–H and O–H groups in total. The van der Waals surface area contributed by atoms with Crippen LogP contribution in [0.4, 0.5) is 11.4 Å². The molecule has 4 rings (SSSR count). The lowest BCUT2D eigenvalue weighted by Crippen LogP contribution is -2.63. The molecule has 1 heterocycles. The van der Waals surface area contributed by atoms with Crippen LogP contribution >= 0.6 is 12.4 Å². The number of halogens is 1. The van der Waals surface area contributed by atoms with Crippen LogP contribution in [-0.4, -0.2) is 46.4 Å². The van der Waals surface area contributed by atoms with Gasteiger partial charge in [0.25, 0.3) is 0 Å². The zero-order chi connectivity index (χ0) is 26.3. The molecule has 1 unspecified atom stereocenters. The van der Waals surface area contributed by atoms with E-state index in [0.29, 0.717) is 11.4 Å². The van der Waals surface area contributed by atoms with E-state index in [9.17, 15) is 18.0 Å². The number of likely N-dealkylation sites (N-methyl/N-ethyl adjacent to an activating group) is 1. The number of primary amides is 1. The van der Waals surface area contributed by atoms with Gasteiger partial charge in [0.15, 0.2) is 0 Å². The third-order valence-electron chi connectivity index (χ3n) is 7.22. The second kappa shape index (κ2) is 10.7. The van der Waals surface area contributed by atoms with E-state index < -0.39 is 33.5 Å². The minimum atomic E-state index is -4.02. The zero-order valence-electron chi connectivity index (χ0n) is 21.2. The van der Waals surface area contributed by atoms with Crippen LogP contribution in [0.5, 0.6) is 0 Å². The fourth-order valence-electron chi connectivity index (χ4n) is 4.76. The summed E-state index contributed by atoms with van der Waals surface area (Å²) in [6.45, 7) is 3.42. The second-order valence-electron chi connectivity index (χ2n) is 9.10. The fourth-order valence-corrected chi connectivity index (χ4v) is 5.74. The van der Waals surface area contributed by atoms with Crippen molar-refractivity contribution in [3.8, 4) is 0 Å². The van der Waals surface area contributed by atoms with Gasteiger partial charge in [-0.3, -0.25) is 13.9 Å². The molecule has 0 spiro atoms. The molecule has 0 radical (unpaired) electrons. The molecule has 198 valence electrons. The van der Waals surface area contributed by atoms with Crippen molar-refractivity contribution >= 4 is 56.6 Å². The summed E-state index contributed by atoms with van der Waals surface area (Å²) in [5, 5.41) is 4.91. The highest BCUT2D eigenvalue weighted by Crippen LogP contribution is 2.39. The summed E-state index contributed by atoms with van der Waals surface area (Å²) in [7, 11) is -1.18. The van der Waals surface area contributed by atoms with Gasteiger partial charge in [0.2, 0.25) is 11.8 Å². The maximum Gasteiger partial charge on any atom is 0.301 e. The first-order valence-electron chi connectivity index (χ1n) is 11.6. The third kappa shape index (κ3) is 4.89. The first-order chi connectivity index (χ1) is 17.0. The molecule has 1 aliphatic heterocycles. The van der Waals surface area contributed by atoms with Gasteiger partial charge in [0.1, 0.15) is 5.54 Å². The maximum atomic E-state index is 14.3. The highest BCUT2D eigenvalue weighted by Gasteiger charge is 2.49. The summed E-state index contributed by atoms with van der Waals surface area (Å²) in [6, 6.07) is 18.8. The number of carbonyl (C=O) groups is 2. The minimum Gasteiger partial charge on any atom is -0.368 e. The molecular weight excluding hydrogens is 514 g/mol. The molecule has 0 aromatic heterocycles. The normalized spacial score (nSPS) is 17.5. The van der Waals surface area contributed by atoms with Crippen molar-refractivity contribution in [2.24, 2.45) is 11.7 Å². The monoisotopic (exact) mass is 545 g/mol. The molecule has 2 amide bonds. The number of anilines is 2.